The summed E-state index contributed by atoms with van der Waals surface area (Å²) < 4.78 is 0. The van der Waals surface area contributed by atoms with Crippen LogP contribution in [0.4, 0.5) is 0 Å². The molecule has 1 aromatic rings. The van der Waals surface area contributed by atoms with Crippen molar-refractivity contribution in [3.8, 4) is 0 Å². The van der Waals surface area contributed by atoms with E-state index in [9.17, 15) is 0 Å². The molecule has 1 rings (SSSR count). The van der Waals surface area contributed by atoms with Crippen LogP contribution < -0.4 is 5.73 Å². The highest BCUT2D eigenvalue weighted by Crippen LogP contribution is 2.24. The quantitative estimate of drug-likeness (QED) is 0.665. The summed E-state index contributed by atoms with van der Waals surface area (Å²) in [6.07, 6.45) is 0. The molecule has 17 heavy (non-hydrogen) atoms. The van der Waals surface area contributed by atoms with Crippen molar-refractivity contribution in [3.05, 3.63) is 17.0 Å². The Labute approximate surface area is 109 Å². The second kappa shape index (κ2) is 5.36. The smallest absolute Gasteiger partial charge is 0.188 e. The van der Waals surface area contributed by atoms with E-state index in [4.69, 9.17) is 5.73 Å². The molecule has 1 atom stereocenters. The Morgan fingerprint density at radius 2 is 1.59 bits per heavy atom. The van der Waals surface area contributed by atoms with Gasteiger partial charge in [-0.1, -0.05) is 32.5 Å². The Hall–Kier alpha value is -0.610. The van der Waals surface area contributed by atoms with E-state index in [1.165, 1.54) is 5.56 Å². The minimum atomic E-state index is 0.127. The van der Waals surface area contributed by atoms with Gasteiger partial charge in [-0.2, -0.15) is 0 Å². The number of thioether (sulfide) groups is 1. The average molecular weight is 253 g/mol. The Morgan fingerprint density at radius 1 is 1.12 bits per heavy atom. The maximum Gasteiger partial charge on any atom is 0.188 e. The van der Waals surface area contributed by atoms with E-state index in [0.29, 0.717) is 0 Å². The first-order valence-electron chi connectivity index (χ1n) is 5.92. The summed E-state index contributed by atoms with van der Waals surface area (Å²) in [5, 5.41) is 0.838. The van der Waals surface area contributed by atoms with Gasteiger partial charge in [0.1, 0.15) is 0 Å². The van der Waals surface area contributed by atoms with Crippen molar-refractivity contribution in [2.45, 2.75) is 52.7 Å². The zero-order chi connectivity index (χ0) is 13.2. The van der Waals surface area contributed by atoms with Gasteiger partial charge in [-0.05, 0) is 31.7 Å². The third-order valence-electron chi connectivity index (χ3n) is 3.12. The molecule has 96 valence electrons. The van der Waals surface area contributed by atoms with E-state index in [-0.39, 0.29) is 11.5 Å². The largest absolute Gasteiger partial charge is 0.326 e. The van der Waals surface area contributed by atoms with Gasteiger partial charge in [-0.25, -0.2) is 9.97 Å². The van der Waals surface area contributed by atoms with Crippen LogP contribution in [-0.2, 0) is 0 Å². The lowest BCUT2D eigenvalue weighted by atomic mass is 9.89. The molecule has 0 spiro atoms. The monoisotopic (exact) mass is 253 g/mol. The molecule has 0 radical (unpaired) electrons. The molecule has 0 aliphatic carbocycles. The van der Waals surface area contributed by atoms with E-state index in [1.807, 2.05) is 13.8 Å². The van der Waals surface area contributed by atoms with Gasteiger partial charge >= 0.3 is 0 Å². The van der Waals surface area contributed by atoms with Crippen LogP contribution in [0, 0.1) is 26.2 Å². The third kappa shape index (κ3) is 3.96. The number of nitrogens with zero attached hydrogens (tertiary/aromatic N) is 2. The van der Waals surface area contributed by atoms with Crippen LogP contribution in [-0.4, -0.2) is 21.8 Å². The third-order valence-corrected chi connectivity index (χ3v) is 4.08. The Bertz CT molecular complexity index is 373. The zero-order valence-corrected chi connectivity index (χ0v) is 12.5. The summed E-state index contributed by atoms with van der Waals surface area (Å²) in [4.78, 5) is 8.97. The molecule has 0 bridgehead atoms. The molecule has 0 saturated heterocycles. The molecular weight excluding hydrogens is 230 g/mol. The Morgan fingerprint density at radius 3 is 2.00 bits per heavy atom. The Kier molecular flexibility index (Phi) is 4.55. The predicted octanol–water partition coefficient (Wildman–Crippen LogP) is 2.87. The van der Waals surface area contributed by atoms with Crippen LogP contribution in [0.2, 0.25) is 0 Å². The lowest BCUT2D eigenvalue weighted by Gasteiger charge is -2.26. The number of hydrogen-bond acceptors (Lipinski definition) is 4. The van der Waals surface area contributed by atoms with Crippen molar-refractivity contribution in [1.29, 1.82) is 0 Å². The minimum Gasteiger partial charge on any atom is -0.326 e. The van der Waals surface area contributed by atoms with Gasteiger partial charge in [0.15, 0.2) is 5.16 Å². The molecule has 0 fully saturated rings. The zero-order valence-electron chi connectivity index (χ0n) is 11.7. The standard InChI is InChI=1S/C13H23N3S/c1-8-9(2)15-12(16-10(8)3)17-7-11(14)13(4,5)6/h11H,7,14H2,1-6H3. The highest BCUT2D eigenvalue weighted by molar-refractivity contribution is 7.99. The van der Waals surface area contributed by atoms with Crippen LogP contribution >= 0.6 is 11.8 Å². The predicted molar refractivity (Wildman–Crippen MR) is 74.4 cm³/mol. The molecule has 0 saturated carbocycles. The first-order valence-corrected chi connectivity index (χ1v) is 6.90. The van der Waals surface area contributed by atoms with Crippen molar-refractivity contribution < 1.29 is 0 Å². The molecule has 1 aromatic heterocycles. The molecule has 4 heteroatoms. The van der Waals surface area contributed by atoms with Gasteiger partial charge in [-0.15, -0.1) is 0 Å². The van der Waals surface area contributed by atoms with Crippen LogP contribution in [0.1, 0.15) is 37.7 Å². The molecule has 2 N–H and O–H groups in total. The van der Waals surface area contributed by atoms with Crippen LogP contribution in [0.15, 0.2) is 5.16 Å². The molecule has 0 aromatic carbocycles. The minimum absolute atomic E-state index is 0.127. The number of aryl methyl sites for hydroxylation is 2. The number of rotatable bonds is 3. The molecule has 1 heterocycles. The number of nitrogens with two attached hydrogens (primary N) is 1. The molecule has 1 unspecified atom stereocenters. The molecule has 0 aliphatic rings. The van der Waals surface area contributed by atoms with Gasteiger partial charge in [-0.3, -0.25) is 0 Å². The van der Waals surface area contributed by atoms with E-state index < -0.39 is 0 Å². The van der Waals surface area contributed by atoms with Crippen LogP contribution in [0.5, 0.6) is 0 Å². The first kappa shape index (κ1) is 14.5. The highest BCUT2D eigenvalue weighted by atomic mass is 32.2. The van der Waals surface area contributed by atoms with Gasteiger partial charge in [0.2, 0.25) is 0 Å². The molecule has 3 nitrogen and oxygen atoms in total. The maximum atomic E-state index is 6.13. The van der Waals surface area contributed by atoms with Gasteiger partial charge < -0.3 is 5.73 Å². The summed E-state index contributed by atoms with van der Waals surface area (Å²) in [6, 6.07) is 0.151. The number of aromatic nitrogens is 2. The van der Waals surface area contributed by atoms with Gasteiger partial charge in [0.25, 0.3) is 0 Å². The van der Waals surface area contributed by atoms with Gasteiger partial charge in [0.05, 0.1) is 0 Å². The molecule has 0 amide bonds. The maximum absolute atomic E-state index is 6.13. The SMILES string of the molecule is Cc1nc(SCC(N)C(C)(C)C)nc(C)c1C. The number of hydrogen-bond donors (Lipinski definition) is 1. The second-order valence-corrected chi connectivity index (χ2v) is 6.57. The van der Waals surface area contributed by atoms with Gasteiger partial charge in [0, 0.05) is 23.2 Å². The second-order valence-electron chi connectivity index (χ2n) is 5.59. The van der Waals surface area contributed by atoms with Crippen LogP contribution in [0.25, 0.3) is 0 Å². The van der Waals surface area contributed by atoms with E-state index >= 15 is 0 Å². The summed E-state index contributed by atoms with van der Waals surface area (Å²) in [7, 11) is 0. The Balaban J connectivity index is 2.71. The lowest BCUT2D eigenvalue weighted by Crippen LogP contribution is -2.37. The molecular formula is C13H23N3S. The summed E-state index contributed by atoms with van der Waals surface area (Å²) in [5.74, 6) is 0.853. The normalized spacial score (nSPS) is 13.8. The molecule has 0 aliphatic heterocycles. The van der Waals surface area contributed by atoms with Crippen molar-refractivity contribution in [1.82, 2.24) is 9.97 Å². The van der Waals surface area contributed by atoms with Crippen molar-refractivity contribution in [2.24, 2.45) is 11.1 Å². The summed E-state index contributed by atoms with van der Waals surface area (Å²) >= 11 is 1.65. The van der Waals surface area contributed by atoms with Crippen LogP contribution in [0.3, 0.4) is 0 Å². The first-order chi connectivity index (χ1) is 7.71. The van der Waals surface area contributed by atoms with Crippen molar-refractivity contribution >= 4 is 11.8 Å². The van der Waals surface area contributed by atoms with Crippen molar-refractivity contribution in [3.63, 3.8) is 0 Å². The van der Waals surface area contributed by atoms with Crippen molar-refractivity contribution in [2.75, 3.05) is 5.75 Å². The fraction of sp³-hybridized carbons (Fsp3) is 0.692. The van der Waals surface area contributed by atoms with E-state index in [0.717, 1.165) is 22.3 Å². The lowest BCUT2D eigenvalue weighted by molar-refractivity contribution is 0.344. The summed E-state index contributed by atoms with van der Waals surface area (Å²) in [6.45, 7) is 12.6. The average Bonchev–Trinajstić information content (AvgIpc) is 2.20. The fourth-order valence-electron chi connectivity index (χ4n) is 1.22. The topological polar surface area (TPSA) is 51.8 Å². The highest BCUT2D eigenvalue weighted by Gasteiger charge is 2.21. The fourth-order valence-corrected chi connectivity index (χ4v) is 2.45. The van der Waals surface area contributed by atoms with E-state index in [2.05, 4.69) is 37.7 Å². The van der Waals surface area contributed by atoms with E-state index in [1.54, 1.807) is 11.8 Å². The summed E-state index contributed by atoms with van der Waals surface area (Å²) in [5.41, 5.74) is 9.55.